The monoisotopic (exact) mass is 370 g/mol. The molecule has 2 amide bonds. The van der Waals surface area contributed by atoms with Gasteiger partial charge in [-0.25, -0.2) is 0 Å². The van der Waals surface area contributed by atoms with Crippen LogP contribution in [0.5, 0.6) is 0 Å². The Labute approximate surface area is 158 Å². The smallest absolute Gasteiger partial charge is 0.289 e. The van der Waals surface area contributed by atoms with Crippen LogP contribution >= 0.6 is 0 Å². The maximum Gasteiger partial charge on any atom is 0.289 e. The van der Waals surface area contributed by atoms with Gasteiger partial charge in [0, 0.05) is 50.4 Å². The van der Waals surface area contributed by atoms with Gasteiger partial charge in [0.25, 0.3) is 5.91 Å². The Bertz CT molecular complexity index is 813. The molecule has 2 aromatic rings. The van der Waals surface area contributed by atoms with E-state index < -0.39 is 0 Å². The van der Waals surface area contributed by atoms with Crippen LogP contribution < -0.4 is 0 Å². The van der Waals surface area contributed by atoms with Crippen LogP contribution in [0.2, 0.25) is 0 Å². The van der Waals surface area contributed by atoms with Gasteiger partial charge in [-0.15, -0.1) is 0 Å². The summed E-state index contributed by atoms with van der Waals surface area (Å²) < 4.78 is 7.56. The maximum atomic E-state index is 13.0. The van der Waals surface area contributed by atoms with Crippen LogP contribution in [0.15, 0.2) is 35.0 Å². The van der Waals surface area contributed by atoms with Crippen LogP contribution in [0.1, 0.15) is 48.9 Å². The number of carbonyl (C=O) groups is 2. The van der Waals surface area contributed by atoms with Gasteiger partial charge in [-0.2, -0.15) is 5.10 Å². The zero-order chi connectivity index (χ0) is 18.9. The molecule has 2 aliphatic rings. The van der Waals surface area contributed by atoms with E-state index in [0.29, 0.717) is 31.0 Å². The molecule has 2 saturated heterocycles. The molecule has 144 valence electrons. The Morgan fingerprint density at radius 2 is 2.19 bits per heavy atom. The van der Waals surface area contributed by atoms with Crippen molar-refractivity contribution in [1.29, 1.82) is 0 Å². The number of likely N-dealkylation sites (tertiary alicyclic amines) is 2. The molecule has 0 aliphatic carbocycles. The molecule has 1 unspecified atom stereocenters. The molecule has 4 rings (SSSR count). The first-order valence-corrected chi connectivity index (χ1v) is 9.72. The molecule has 2 aromatic heterocycles. The van der Waals surface area contributed by atoms with Crippen molar-refractivity contribution in [3.8, 4) is 0 Å². The summed E-state index contributed by atoms with van der Waals surface area (Å²) >= 11 is 0. The lowest BCUT2D eigenvalue weighted by Crippen LogP contribution is -2.55. The van der Waals surface area contributed by atoms with Crippen LogP contribution in [-0.4, -0.2) is 57.6 Å². The van der Waals surface area contributed by atoms with Crippen LogP contribution in [0, 0.1) is 5.41 Å². The van der Waals surface area contributed by atoms with E-state index in [1.165, 1.54) is 0 Å². The summed E-state index contributed by atoms with van der Waals surface area (Å²) in [5, 5.41) is 4.16. The number of furan rings is 1. The number of aromatic nitrogens is 2. The second kappa shape index (κ2) is 7.21. The fourth-order valence-corrected chi connectivity index (χ4v) is 4.39. The van der Waals surface area contributed by atoms with Crippen molar-refractivity contribution in [2.45, 2.75) is 39.2 Å². The summed E-state index contributed by atoms with van der Waals surface area (Å²) in [6.45, 7) is 5.48. The molecule has 1 spiro atoms. The molecular formula is C20H26N4O3. The van der Waals surface area contributed by atoms with Crippen molar-refractivity contribution in [3.05, 3.63) is 42.1 Å². The number of rotatable bonds is 4. The van der Waals surface area contributed by atoms with Gasteiger partial charge in [0.1, 0.15) is 5.76 Å². The third-order valence-electron chi connectivity index (χ3n) is 5.83. The van der Waals surface area contributed by atoms with Crippen molar-refractivity contribution >= 4 is 11.8 Å². The zero-order valence-electron chi connectivity index (χ0n) is 15.8. The Hall–Kier alpha value is -2.57. The molecular weight excluding hydrogens is 344 g/mol. The maximum absolute atomic E-state index is 13.0. The van der Waals surface area contributed by atoms with E-state index >= 15 is 0 Å². The lowest BCUT2D eigenvalue weighted by Gasteiger charge is -2.48. The van der Waals surface area contributed by atoms with E-state index in [1.807, 2.05) is 35.1 Å². The molecule has 7 heteroatoms. The van der Waals surface area contributed by atoms with E-state index in [9.17, 15) is 9.59 Å². The molecule has 0 bridgehead atoms. The number of piperidine rings is 2. The van der Waals surface area contributed by atoms with Gasteiger partial charge < -0.3 is 14.2 Å². The fraction of sp³-hybridized carbons (Fsp3) is 0.550. The fourth-order valence-electron chi connectivity index (χ4n) is 4.39. The normalized spacial score (nSPS) is 23.2. The summed E-state index contributed by atoms with van der Waals surface area (Å²) in [4.78, 5) is 28.9. The van der Waals surface area contributed by atoms with Crippen LogP contribution in [0.25, 0.3) is 0 Å². The minimum Gasteiger partial charge on any atom is -0.454 e. The lowest BCUT2D eigenvalue weighted by atomic mass is 9.73. The van der Waals surface area contributed by atoms with Gasteiger partial charge in [-0.1, -0.05) is 0 Å². The van der Waals surface area contributed by atoms with Crippen LogP contribution in [0.4, 0.5) is 0 Å². The predicted molar refractivity (Wildman–Crippen MR) is 99.1 cm³/mol. The minimum absolute atomic E-state index is 0.0301. The first kappa shape index (κ1) is 17.8. The molecule has 27 heavy (non-hydrogen) atoms. The molecule has 4 heterocycles. The molecule has 0 aromatic carbocycles. The number of nitrogens with zero attached hydrogens (tertiary/aromatic N) is 4. The molecule has 1 atom stereocenters. The van der Waals surface area contributed by atoms with Gasteiger partial charge >= 0.3 is 0 Å². The highest BCUT2D eigenvalue weighted by atomic mass is 16.4. The highest BCUT2D eigenvalue weighted by Gasteiger charge is 2.42. The lowest BCUT2D eigenvalue weighted by molar-refractivity contribution is -0.138. The van der Waals surface area contributed by atoms with Crippen molar-refractivity contribution < 1.29 is 14.0 Å². The van der Waals surface area contributed by atoms with Gasteiger partial charge in [-0.05, 0) is 44.4 Å². The first-order valence-electron chi connectivity index (χ1n) is 9.72. The van der Waals surface area contributed by atoms with Crippen molar-refractivity contribution in [3.63, 3.8) is 0 Å². The summed E-state index contributed by atoms with van der Waals surface area (Å²) in [6, 6.07) is 5.45. The van der Waals surface area contributed by atoms with E-state index in [1.54, 1.807) is 16.9 Å². The number of hydrogen-bond donors (Lipinski definition) is 0. The minimum atomic E-state index is -0.0549. The summed E-state index contributed by atoms with van der Waals surface area (Å²) in [7, 11) is 0. The Balaban J connectivity index is 1.44. The van der Waals surface area contributed by atoms with Crippen molar-refractivity contribution in [2.24, 2.45) is 5.41 Å². The van der Waals surface area contributed by atoms with Crippen LogP contribution in [-0.2, 0) is 11.3 Å². The van der Waals surface area contributed by atoms with Gasteiger partial charge in [0.2, 0.25) is 5.91 Å². The molecule has 2 fully saturated rings. The summed E-state index contributed by atoms with van der Waals surface area (Å²) in [6.07, 6.45) is 7.08. The number of carbonyl (C=O) groups excluding carboxylic acids is 2. The van der Waals surface area contributed by atoms with Crippen molar-refractivity contribution in [1.82, 2.24) is 19.6 Å². The first-order chi connectivity index (χ1) is 13.1. The second-order valence-corrected chi connectivity index (χ2v) is 7.71. The standard InChI is InChI=1S/C20H26N4O3/c1-2-22-14-20(9-7-18(22)25)8-3-11-23(15-20)19(26)17-6-5-16(27-17)13-24-12-4-10-21-24/h4-6,10,12H,2-3,7-9,11,13-15H2,1H3. The highest BCUT2D eigenvalue weighted by molar-refractivity contribution is 5.91. The zero-order valence-corrected chi connectivity index (χ0v) is 15.8. The molecule has 0 saturated carbocycles. The Morgan fingerprint density at radius 1 is 1.30 bits per heavy atom. The number of amides is 2. The number of hydrogen-bond acceptors (Lipinski definition) is 4. The largest absolute Gasteiger partial charge is 0.454 e. The quantitative estimate of drug-likeness (QED) is 0.828. The van der Waals surface area contributed by atoms with Crippen LogP contribution in [0.3, 0.4) is 0 Å². The topological polar surface area (TPSA) is 71.6 Å². The molecule has 0 N–H and O–H groups in total. The third kappa shape index (κ3) is 3.63. The van der Waals surface area contributed by atoms with Crippen molar-refractivity contribution in [2.75, 3.05) is 26.2 Å². The molecule has 7 nitrogen and oxygen atoms in total. The van der Waals surface area contributed by atoms with Gasteiger partial charge in [0.15, 0.2) is 5.76 Å². The SMILES string of the molecule is CCN1CC2(CCCN(C(=O)c3ccc(Cn4cccn4)o3)C2)CCC1=O. The van der Waals surface area contributed by atoms with E-state index in [-0.39, 0.29) is 17.2 Å². The average Bonchev–Trinajstić information content (AvgIpc) is 3.36. The van der Waals surface area contributed by atoms with Gasteiger partial charge in [0.05, 0.1) is 6.54 Å². The van der Waals surface area contributed by atoms with E-state index in [4.69, 9.17) is 4.42 Å². The summed E-state index contributed by atoms with van der Waals surface area (Å²) in [5.41, 5.74) is 0.0301. The summed E-state index contributed by atoms with van der Waals surface area (Å²) in [5.74, 6) is 1.28. The predicted octanol–water partition coefficient (Wildman–Crippen LogP) is 2.39. The third-order valence-corrected chi connectivity index (χ3v) is 5.83. The Morgan fingerprint density at radius 3 is 2.96 bits per heavy atom. The van der Waals surface area contributed by atoms with E-state index in [2.05, 4.69) is 5.10 Å². The van der Waals surface area contributed by atoms with E-state index in [0.717, 1.165) is 38.9 Å². The Kier molecular flexibility index (Phi) is 4.76. The molecule has 2 aliphatic heterocycles. The molecule has 0 radical (unpaired) electrons. The average molecular weight is 370 g/mol. The highest BCUT2D eigenvalue weighted by Crippen LogP contribution is 2.39. The van der Waals surface area contributed by atoms with Gasteiger partial charge in [-0.3, -0.25) is 14.3 Å². The second-order valence-electron chi connectivity index (χ2n) is 7.71.